The van der Waals surface area contributed by atoms with Crippen LogP contribution in [0.15, 0.2) is 0 Å². The lowest BCUT2D eigenvalue weighted by atomic mass is 9.79. The maximum Gasteiger partial charge on any atom is 0.407 e. The van der Waals surface area contributed by atoms with Crippen molar-refractivity contribution >= 4 is 23.8 Å². The Morgan fingerprint density at radius 1 is 1.16 bits per heavy atom. The van der Waals surface area contributed by atoms with Gasteiger partial charge in [-0.3, -0.25) is 4.79 Å². The molecule has 1 atom stereocenters. The van der Waals surface area contributed by atoms with E-state index in [0.717, 1.165) is 69.1 Å². The third-order valence-electron chi connectivity index (χ3n) is 7.02. The van der Waals surface area contributed by atoms with Crippen LogP contribution in [-0.4, -0.2) is 71.2 Å². The van der Waals surface area contributed by atoms with E-state index in [1.54, 1.807) is 7.05 Å². The van der Waals surface area contributed by atoms with Gasteiger partial charge in [-0.1, -0.05) is 13.8 Å². The number of nitrogens with one attached hydrogen (secondary N) is 2. The highest BCUT2D eigenvalue weighted by atomic mass is 16.4. The Labute approximate surface area is 190 Å². The van der Waals surface area contributed by atoms with E-state index < -0.39 is 6.09 Å². The number of carbonyl (C=O) groups excluding carboxylic acids is 1. The van der Waals surface area contributed by atoms with Crippen LogP contribution in [0.3, 0.4) is 0 Å². The Hall–Kier alpha value is -2.58. The highest BCUT2D eigenvalue weighted by molar-refractivity contribution is 5.76. The topological polar surface area (TPSA) is 111 Å². The minimum absolute atomic E-state index is 0.0180. The standard InChI is InChI=1S/C23H36N6O3/c1-15(2)10-16(11-19(30)24-3)25-20-17-6-4-5-7-18(17)26-21(27-20)28-9-8-23(12-28)13-29(14-23)22(31)32/h15-16H,4-14H2,1-3H3,(H,24,30)(H,31,32)(H,25,26,27)/t16-/m0/s1. The number of hydrogen-bond donors (Lipinski definition) is 3. The number of hydrogen-bond acceptors (Lipinski definition) is 6. The summed E-state index contributed by atoms with van der Waals surface area (Å²) in [5.41, 5.74) is 2.35. The number of fused-ring (bicyclic) bond motifs is 1. The Bertz CT molecular complexity index is 868. The molecule has 1 aromatic rings. The predicted octanol–water partition coefficient (Wildman–Crippen LogP) is 2.51. The first kappa shape index (κ1) is 22.6. The molecule has 2 aliphatic heterocycles. The molecule has 0 unspecified atom stereocenters. The molecular formula is C23H36N6O3. The Kier molecular flexibility index (Phi) is 6.44. The summed E-state index contributed by atoms with van der Waals surface area (Å²) in [5.74, 6) is 2.10. The second kappa shape index (κ2) is 9.11. The van der Waals surface area contributed by atoms with E-state index in [9.17, 15) is 14.7 Å². The monoisotopic (exact) mass is 444 g/mol. The molecule has 3 heterocycles. The van der Waals surface area contributed by atoms with Crippen LogP contribution in [0.2, 0.25) is 0 Å². The first-order valence-corrected chi connectivity index (χ1v) is 11.9. The highest BCUT2D eigenvalue weighted by Gasteiger charge is 2.50. The average molecular weight is 445 g/mol. The summed E-state index contributed by atoms with van der Waals surface area (Å²) in [4.78, 5) is 36.9. The fourth-order valence-electron chi connectivity index (χ4n) is 5.39. The van der Waals surface area contributed by atoms with Crippen molar-refractivity contribution in [3.8, 4) is 0 Å². The van der Waals surface area contributed by atoms with Crippen molar-refractivity contribution in [2.24, 2.45) is 11.3 Å². The first-order valence-electron chi connectivity index (χ1n) is 11.9. The van der Waals surface area contributed by atoms with E-state index in [-0.39, 0.29) is 17.4 Å². The van der Waals surface area contributed by atoms with E-state index in [1.807, 2.05) is 0 Å². The quantitative estimate of drug-likeness (QED) is 0.593. The average Bonchev–Trinajstić information content (AvgIpc) is 3.18. The predicted molar refractivity (Wildman–Crippen MR) is 123 cm³/mol. The number of carboxylic acid groups (broad SMARTS) is 1. The van der Waals surface area contributed by atoms with Crippen LogP contribution >= 0.6 is 0 Å². The molecule has 9 heteroatoms. The zero-order valence-corrected chi connectivity index (χ0v) is 19.5. The summed E-state index contributed by atoms with van der Waals surface area (Å²) in [6.07, 6.45) is 5.62. The molecule has 0 radical (unpaired) electrons. The van der Waals surface area contributed by atoms with Gasteiger partial charge in [0.1, 0.15) is 5.82 Å². The SMILES string of the molecule is CNC(=O)C[C@H](CC(C)C)Nc1nc(N2CCC3(CN(C(=O)O)C3)C2)nc2c1CCCC2. The van der Waals surface area contributed by atoms with Crippen LogP contribution < -0.4 is 15.5 Å². The summed E-state index contributed by atoms with van der Waals surface area (Å²) >= 11 is 0. The number of anilines is 2. The minimum Gasteiger partial charge on any atom is -0.465 e. The highest BCUT2D eigenvalue weighted by Crippen LogP contribution is 2.41. The minimum atomic E-state index is -0.835. The van der Waals surface area contributed by atoms with Crippen molar-refractivity contribution in [3.63, 3.8) is 0 Å². The van der Waals surface area contributed by atoms with Crippen molar-refractivity contribution in [2.45, 2.75) is 64.8 Å². The molecule has 9 nitrogen and oxygen atoms in total. The van der Waals surface area contributed by atoms with Gasteiger partial charge in [0.2, 0.25) is 11.9 Å². The third-order valence-corrected chi connectivity index (χ3v) is 7.02. The summed E-state index contributed by atoms with van der Waals surface area (Å²) < 4.78 is 0. The van der Waals surface area contributed by atoms with Crippen LogP contribution in [0, 0.1) is 11.3 Å². The lowest BCUT2D eigenvalue weighted by Crippen LogP contribution is -2.59. The molecule has 1 aliphatic carbocycles. The molecule has 3 N–H and O–H groups in total. The Balaban J connectivity index is 1.55. The molecule has 1 aromatic heterocycles. The molecule has 2 saturated heterocycles. The fourth-order valence-corrected chi connectivity index (χ4v) is 5.39. The van der Waals surface area contributed by atoms with Gasteiger partial charge in [-0.25, -0.2) is 9.78 Å². The van der Waals surface area contributed by atoms with Crippen LogP contribution in [-0.2, 0) is 17.6 Å². The second-order valence-electron chi connectivity index (χ2n) is 10.2. The van der Waals surface area contributed by atoms with Gasteiger partial charge in [0.25, 0.3) is 0 Å². The molecule has 2 amide bonds. The Morgan fingerprint density at radius 3 is 2.59 bits per heavy atom. The van der Waals surface area contributed by atoms with Gasteiger partial charge in [0.05, 0.1) is 5.69 Å². The summed E-state index contributed by atoms with van der Waals surface area (Å²) in [7, 11) is 1.68. The first-order chi connectivity index (χ1) is 15.3. The molecule has 0 aromatic carbocycles. The molecule has 0 saturated carbocycles. The molecule has 4 rings (SSSR count). The van der Waals surface area contributed by atoms with Crippen molar-refractivity contribution in [3.05, 3.63) is 11.3 Å². The van der Waals surface area contributed by atoms with E-state index in [1.165, 1.54) is 10.5 Å². The fraction of sp³-hybridized carbons (Fsp3) is 0.739. The Morgan fingerprint density at radius 2 is 1.91 bits per heavy atom. The normalized spacial score (nSPS) is 20.1. The van der Waals surface area contributed by atoms with E-state index in [0.29, 0.717) is 25.4 Å². The third kappa shape index (κ3) is 4.76. The maximum absolute atomic E-state index is 12.1. The van der Waals surface area contributed by atoms with Crippen molar-refractivity contribution in [2.75, 3.05) is 43.4 Å². The zero-order valence-electron chi connectivity index (χ0n) is 19.5. The molecular weight excluding hydrogens is 408 g/mol. The van der Waals surface area contributed by atoms with Gasteiger partial charge >= 0.3 is 6.09 Å². The number of aryl methyl sites for hydroxylation is 1. The number of aromatic nitrogens is 2. The van der Waals surface area contributed by atoms with E-state index >= 15 is 0 Å². The largest absolute Gasteiger partial charge is 0.465 e. The van der Waals surface area contributed by atoms with Crippen LogP contribution in [0.5, 0.6) is 0 Å². The lowest BCUT2D eigenvalue weighted by molar-refractivity contribution is -0.120. The van der Waals surface area contributed by atoms with Gasteiger partial charge in [0.15, 0.2) is 0 Å². The summed E-state index contributed by atoms with van der Waals surface area (Å²) in [5, 5.41) is 15.6. The van der Waals surface area contributed by atoms with Gasteiger partial charge in [0, 0.05) is 56.7 Å². The van der Waals surface area contributed by atoms with Gasteiger partial charge < -0.3 is 25.5 Å². The smallest absolute Gasteiger partial charge is 0.407 e. The van der Waals surface area contributed by atoms with Gasteiger partial charge in [-0.2, -0.15) is 4.98 Å². The molecule has 32 heavy (non-hydrogen) atoms. The van der Waals surface area contributed by atoms with Crippen molar-refractivity contribution in [1.82, 2.24) is 20.2 Å². The molecule has 0 bridgehead atoms. The van der Waals surface area contributed by atoms with E-state index in [4.69, 9.17) is 9.97 Å². The van der Waals surface area contributed by atoms with Gasteiger partial charge in [-0.15, -0.1) is 0 Å². The molecule has 1 spiro atoms. The van der Waals surface area contributed by atoms with Crippen molar-refractivity contribution in [1.29, 1.82) is 0 Å². The van der Waals surface area contributed by atoms with Crippen molar-refractivity contribution < 1.29 is 14.7 Å². The molecule has 3 aliphatic rings. The van der Waals surface area contributed by atoms with Gasteiger partial charge in [-0.05, 0) is 44.4 Å². The molecule has 2 fully saturated rings. The zero-order chi connectivity index (χ0) is 22.9. The van der Waals surface area contributed by atoms with Crippen LogP contribution in [0.25, 0.3) is 0 Å². The lowest BCUT2D eigenvalue weighted by Gasteiger charge is -2.46. The summed E-state index contributed by atoms with van der Waals surface area (Å²) in [6, 6.07) is 0.0180. The maximum atomic E-state index is 12.1. The molecule has 176 valence electrons. The van der Waals surface area contributed by atoms with Crippen LogP contribution in [0.4, 0.5) is 16.6 Å². The van der Waals surface area contributed by atoms with E-state index in [2.05, 4.69) is 29.4 Å². The number of nitrogens with zero attached hydrogens (tertiary/aromatic N) is 4. The number of carbonyl (C=O) groups is 2. The summed E-state index contributed by atoms with van der Waals surface area (Å²) in [6.45, 7) is 7.17. The number of amides is 2. The number of rotatable bonds is 7. The number of likely N-dealkylation sites (tertiary alicyclic amines) is 1. The second-order valence-corrected chi connectivity index (χ2v) is 10.2. The van der Waals surface area contributed by atoms with Crippen LogP contribution in [0.1, 0.15) is 57.2 Å².